The Hall–Kier alpha value is -2.29. The van der Waals surface area contributed by atoms with E-state index < -0.39 is 10.0 Å². The summed E-state index contributed by atoms with van der Waals surface area (Å²) in [5.41, 5.74) is 0.415. The Labute approximate surface area is 168 Å². The molecule has 0 spiro atoms. The number of fused-ring (bicyclic) bond motifs is 1. The van der Waals surface area contributed by atoms with Crippen LogP contribution >= 0.6 is 11.3 Å². The molecule has 6 nitrogen and oxygen atoms in total. The maximum Gasteiger partial charge on any atom is 0.273 e. The number of thiophene rings is 1. The number of pyridine rings is 1. The number of amides is 1. The molecule has 146 valence electrons. The molecule has 1 aliphatic rings. The standard InChI is InChI=1S/C20H21N3O3S2/c1-14-13-18(15(2)27-14)28(25,26)23-11-9-22(10-12-23)20(24)19-17-6-4-3-5-16(17)7-8-21-19/h3-8,13H,9-12H2,1-2H3. The van der Waals surface area contributed by atoms with E-state index in [4.69, 9.17) is 0 Å². The van der Waals surface area contributed by atoms with Crippen molar-refractivity contribution in [3.05, 3.63) is 58.0 Å². The van der Waals surface area contributed by atoms with Crippen molar-refractivity contribution < 1.29 is 13.2 Å². The largest absolute Gasteiger partial charge is 0.335 e. The molecule has 3 aromatic rings. The maximum atomic E-state index is 13.0. The molecule has 1 fully saturated rings. The Balaban J connectivity index is 1.52. The molecule has 3 heterocycles. The van der Waals surface area contributed by atoms with Crippen molar-refractivity contribution in [2.75, 3.05) is 26.2 Å². The van der Waals surface area contributed by atoms with E-state index >= 15 is 0 Å². The normalized spacial score (nSPS) is 15.9. The van der Waals surface area contributed by atoms with E-state index in [1.807, 2.05) is 44.2 Å². The van der Waals surface area contributed by atoms with Gasteiger partial charge in [0.25, 0.3) is 5.91 Å². The molecular weight excluding hydrogens is 394 g/mol. The summed E-state index contributed by atoms with van der Waals surface area (Å²) in [6.45, 7) is 5.01. The Morgan fingerprint density at radius 3 is 2.46 bits per heavy atom. The molecule has 8 heteroatoms. The zero-order valence-electron chi connectivity index (χ0n) is 15.8. The highest BCUT2D eigenvalue weighted by molar-refractivity contribution is 7.89. The molecule has 4 rings (SSSR count). The monoisotopic (exact) mass is 415 g/mol. The van der Waals surface area contributed by atoms with E-state index in [1.165, 1.54) is 15.6 Å². The summed E-state index contributed by atoms with van der Waals surface area (Å²) in [5, 5.41) is 1.78. The molecule has 0 atom stereocenters. The molecule has 1 aromatic carbocycles. The van der Waals surface area contributed by atoms with Crippen molar-refractivity contribution in [3.8, 4) is 0 Å². The summed E-state index contributed by atoms with van der Waals surface area (Å²) in [6.07, 6.45) is 1.64. The average Bonchev–Trinajstić information content (AvgIpc) is 3.06. The predicted molar refractivity (Wildman–Crippen MR) is 110 cm³/mol. The number of hydrogen-bond donors (Lipinski definition) is 0. The van der Waals surface area contributed by atoms with Gasteiger partial charge in [0.05, 0.1) is 4.90 Å². The number of aromatic nitrogens is 1. The van der Waals surface area contributed by atoms with Crippen LogP contribution in [0.15, 0.2) is 47.5 Å². The van der Waals surface area contributed by atoms with Crippen LogP contribution in [0.25, 0.3) is 10.8 Å². The Morgan fingerprint density at radius 2 is 1.79 bits per heavy atom. The van der Waals surface area contributed by atoms with Crippen molar-refractivity contribution in [1.29, 1.82) is 0 Å². The van der Waals surface area contributed by atoms with Crippen molar-refractivity contribution in [2.24, 2.45) is 0 Å². The summed E-state index contributed by atoms with van der Waals surface area (Å²) in [6, 6.07) is 11.3. The summed E-state index contributed by atoms with van der Waals surface area (Å²) >= 11 is 1.49. The lowest BCUT2D eigenvalue weighted by Gasteiger charge is -2.34. The summed E-state index contributed by atoms with van der Waals surface area (Å²) in [5.74, 6) is -0.156. The lowest BCUT2D eigenvalue weighted by atomic mass is 10.1. The Bertz CT molecular complexity index is 1140. The number of carbonyl (C=O) groups is 1. The van der Waals surface area contributed by atoms with E-state index in [0.717, 1.165) is 20.5 Å². The number of piperazine rings is 1. The molecule has 0 N–H and O–H groups in total. The Kier molecular flexibility index (Phi) is 4.95. The number of hydrogen-bond acceptors (Lipinski definition) is 5. The molecule has 0 aliphatic carbocycles. The molecule has 1 amide bonds. The maximum absolute atomic E-state index is 13.0. The van der Waals surface area contributed by atoms with Gasteiger partial charge in [-0.1, -0.05) is 24.3 Å². The van der Waals surface area contributed by atoms with E-state index in [-0.39, 0.29) is 19.0 Å². The van der Waals surface area contributed by atoms with Crippen LogP contribution < -0.4 is 0 Å². The van der Waals surface area contributed by atoms with Gasteiger partial charge in [-0.3, -0.25) is 9.78 Å². The van der Waals surface area contributed by atoms with Crippen LogP contribution in [-0.2, 0) is 10.0 Å². The zero-order valence-corrected chi connectivity index (χ0v) is 17.4. The van der Waals surface area contributed by atoms with Gasteiger partial charge in [0.1, 0.15) is 5.69 Å². The van der Waals surface area contributed by atoms with E-state index in [1.54, 1.807) is 17.2 Å². The molecule has 1 saturated heterocycles. The van der Waals surface area contributed by atoms with Crippen molar-refractivity contribution in [1.82, 2.24) is 14.2 Å². The highest BCUT2D eigenvalue weighted by Gasteiger charge is 2.32. The lowest BCUT2D eigenvalue weighted by molar-refractivity contribution is 0.0694. The minimum absolute atomic E-state index is 0.156. The zero-order chi connectivity index (χ0) is 19.9. The van der Waals surface area contributed by atoms with Crippen LogP contribution in [0.3, 0.4) is 0 Å². The summed E-state index contributed by atoms with van der Waals surface area (Å²) in [4.78, 5) is 21.1. The van der Waals surface area contributed by atoms with Gasteiger partial charge in [-0.15, -0.1) is 11.3 Å². The molecule has 1 aliphatic heterocycles. The molecule has 0 saturated carbocycles. The van der Waals surface area contributed by atoms with Gasteiger partial charge in [-0.2, -0.15) is 4.31 Å². The number of carbonyl (C=O) groups excluding carboxylic acids is 1. The van der Waals surface area contributed by atoms with Gasteiger partial charge < -0.3 is 4.90 Å². The van der Waals surface area contributed by atoms with Crippen molar-refractivity contribution >= 4 is 38.0 Å². The topological polar surface area (TPSA) is 70.6 Å². The Morgan fingerprint density at radius 1 is 1.07 bits per heavy atom. The third kappa shape index (κ3) is 3.32. The average molecular weight is 416 g/mol. The number of sulfonamides is 1. The first kappa shape index (κ1) is 19.0. The smallest absolute Gasteiger partial charge is 0.273 e. The number of nitrogens with zero attached hydrogens (tertiary/aromatic N) is 3. The molecule has 28 heavy (non-hydrogen) atoms. The fourth-order valence-electron chi connectivity index (χ4n) is 3.57. The first-order valence-corrected chi connectivity index (χ1v) is 11.3. The van der Waals surface area contributed by atoms with Crippen molar-refractivity contribution in [3.63, 3.8) is 0 Å². The van der Waals surface area contributed by atoms with Crippen LogP contribution in [-0.4, -0.2) is 54.7 Å². The van der Waals surface area contributed by atoms with Gasteiger partial charge >= 0.3 is 0 Å². The molecule has 2 aromatic heterocycles. The molecule has 0 unspecified atom stereocenters. The second-order valence-electron chi connectivity index (χ2n) is 6.85. The highest BCUT2D eigenvalue weighted by Crippen LogP contribution is 2.28. The second kappa shape index (κ2) is 7.27. The van der Waals surface area contributed by atoms with Gasteiger partial charge in [0, 0.05) is 47.5 Å². The second-order valence-corrected chi connectivity index (χ2v) is 10.2. The minimum atomic E-state index is -3.53. The van der Waals surface area contributed by atoms with Gasteiger partial charge in [-0.05, 0) is 31.4 Å². The number of rotatable bonds is 3. The lowest BCUT2D eigenvalue weighted by Crippen LogP contribution is -2.50. The predicted octanol–water partition coefficient (Wildman–Crippen LogP) is 3.06. The third-order valence-corrected chi connectivity index (χ3v) is 8.14. The van der Waals surface area contributed by atoms with Crippen LogP contribution in [0.2, 0.25) is 0 Å². The first-order chi connectivity index (χ1) is 13.4. The summed E-state index contributed by atoms with van der Waals surface area (Å²) < 4.78 is 27.4. The number of aryl methyl sites for hydroxylation is 2. The minimum Gasteiger partial charge on any atom is -0.335 e. The van der Waals surface area contributed by atoms with Crippen LogP contribution in [0.4, 0.5) is 0 Å². The van der Waals surface area contributed by atoms with Crippen LogP contribution in [0.1, 0.15) is 20.2 Å². The van der Waals surface area contributed by atoms with Crippen LogP contribution in [0, 0.1) is 13.8 Å². The third-order valence-electron chi connectivity index (χ3n) is 5.02. The summed E-state index contributed by atoms with van der Waals surface area (Å²) in [7, 11) is -3.53. The fourth-order valence-corrected chi connectivity index (χ4v) is 6.52. The first-order valence-electron chi connectivity index (χ1n) is 9.08. The quantitative estimate of drug-likeness (QED) is 0.659. The van der Waals surface area contributed by atoms with Crippen molar-refractivity contribution in [2.45, 2.75) is 18.7 Å². The fraction of sp³-hybridized carbons (Fsp3) is 0.300. The number of benzene rings is 1. The van der Waals surface area contributed by atoms with Gasteiger partial charge in [-0.25, -0.2) is 8.42 Å². The van der Waals surface area contributed by atoms with E-state index in [2.05, 4.69) is 4.98 Å². The van der Waals surface area contributed by atoms with E-state index in [0.29, 0.717) is 23.7 Å². The molecular formula is C20H21N3O3S2. The molecule has 0 bridgehead atoms. The SMILES string of the molecule is Cc1cc(S(=O)(=O)N2CCN(C(=O)c3nccc4ccccc34)CC2)c(C)s1. The van der Waals surface area contributed by atoms with Gasteiger partial charge in [0.15, 0.2) is 0 Å². The molecule has 0 radical (unpaired) electrons. The highest BCUT2D eigenvalue weighted by atomic mass is 32.2. The van der Waals surface area contributed by atoms with E-state index in [9.17, 15) is 13.2 Å². The van der Waals surface area contributed by atoms with Gasteiger partial charge in [0.2, 0.25) is 10.0 Å². The van der Waals surface area contributed by atoms with Crippen LogP contribution in [0.5, 0.6) is 0 Å².